The molecular formula is C20H35Cl2N3O. The van der Waals surface area contributed by atoms with E-state index in [-0.39, 0.29) is 42.7 Å². The number of likely N-dealkylation sites (tertiary alicyclic amines) is 1. The van der Waals surface area contributed by atoms with Crippen LogP contribution in [-0.4, -0.2) is 37.0 Å². The van der Waals surface area contributed by atoms with Crippen LogP contribution in [0.2, 0.25) is 0 Å². The zero-order valence-electron chi connectivity index (χ0n) is 16.2. The highest BCUT2D eigenvalue weighted by Crippen LogP contribution is 2.21. The Morgan fingerprint density at radius 3 is 2.35 bits per heavy atom. The predicted octanol–water partition coefficient (Wildman–Crippen LogP) is 3.65. The van der Waals surface area contributed by atoms with Crippen LogP contribution in [0.15, 0.2) is 30.3 Å². The van der Waals surface area contributed by atoms with Gasteiger partial charge < -0.3 is 16.0 Å². The number of hydrogen-bond donors (Lipinski definition) is 2. The van der Waals surface area contributed by atoms with Gasteiger partial charge in [-0.2, -0.15) is 0 Å². The van der Waals surface area contributed by atoms with Gasteiger partial charge >= 0.3 is 0 Å². The fraction of sp³-hybridized carbons (Fsp3) is 0.650. The van der Waals surface area contributed by atoms with Gasteiger partial charge in [-0.15, -0.1) is 24.8 Å². The van der Waals surface area contributed by atoms with Crippen molar-refractivity contribution in [2.45, 2.75) is 39.7 Å². The van der Waals surface area contributed by atoms with Gasteiger partial charge in [-0.1, -0.05) is 51.1 Å². The van der Waals surface area contributed by atoms with Crippen molar-refractivity contribution in [2.75, 3.05) is 26.2 Å². The lowest BCUT2D eigenvalue weighted by Crippen LogP contribution is -2.41. The number of hydrogen-bond acceptors (Lipinski definition) is 3. The number of nitrogens with zero attached hydrogens (tertiary/aromatic N) is 1. The Labute approximate surface area is 171 Å². The molecule has 1 heterocycles. The second kappa shape index (κ2) is 12.6. The van der Waals surface area contributed by atoms with Crippen molar-refractivity contribution >= 4 is 30.7 Å². The zero-order valence-corrected chi connectivity index (χ0v) is 17.8. The number of nitrogens with one attached hydrogen (secondary N) is 1. The van der Waals surface area contributed by atoms with E-state index in [1.165, 1.54) is 19.5 Å². The summed E-state index contributed by atoms with van der Waals surface area (Å²) in [7, 11) is 0. The molecule has 0 bridgehead atoms. The van der Waals surface area contributed by atoms with E-state index in [2.05, 4.69) is 24.1 Å². The molecule has 150 valence electrons. The average molecular weight is 404 g/mol. The van der Waals surface area contributed by atoms with Crippen LogP contribution in [0.5, 0.6) is 0 Å². The molecule has 4 atom stereocenters. The number of rotatable bonds is 7. The summed E-state index contributed by atoms with van der Waals surface area (Å²) in [6.07, 6.45) is 2.33. The number of carbonyl (C=O) groups is 1. The van der Waals surface area contributed by atoms with Crippen LogP contribution in [0.1, 0.15) is 45.2 Å². The lowest BCUT2D eigenvalue weighted by atomic mass is 9.92. The molecule has 4 nitrogen and oxygen atoms in total. The highest BCUT2D eigenvalue weighted by atomic mass is 35.5. The molecule has 0 aromatic heterocycles. The van der Waals surface area contributed by atoms with E-state index in [1.54, 1.807) is 0 Å². The summed E-state index contributed by atoms with van der Waals surface area (Å²) in [4.78, 5) is 14.8. The van der Waals surface area contributed by atoms with Crippen molar-refractivity contribution in [1.82, 2.24) is 10.2 Å². The van der Waals surface area contributed by atoms with E-state index in [4.69, 9.17) is 5.73 Å². The molecule has 2 rings (SSSR count). The summed E-state index contributed by atoms with van der Waals surface area (Å²) in [5.41, 5.74) is 7.23. The molecule has 1 amide bonds. The van der Waals surface area contributed by atoms with E-state index in [0.717, 1.165) is 36.9 Å². The van der Waals surface area contributed by atoms with Crippen LogP contribution in [-0.2, 0) is 4.79 Å². The Morgan fingerprint density at radius 1 is 1.19 bits per heavy atom. The summed E-state index contributed by atoms with van der Waals surface area (Å²) >= 11 is 0. The molecule has 0 saturated carbocycles. The van der Waals surface area contributed by atoms with Crippen molar-refractivity contribution in [1.29, 1.82) is 0 Å². The Bertz CT molecular complexity index is 505. The molecule has 3 N–H and O–H groups in total. The predicted molar refractivity (Wildman–Crippen MR) is 114 cm³/mol. The third kappa shape index (κ3) is 7.83. The molecule has 6 heteroatoms. The summed E-state index contributed by atoms with van der Waals surface area (Å²) in [6, 6.07) is 9.58. The van der Waals surface area contributed by atoms with E-state index in [0.29, 0.717) is 0 Å². The molecule has 1 aliphatic heterocycles. The minimum atomic E-state index is -0.255. The van der Waals surface area contributed by atoms with Crippen LogP contribution in [0, 0.1) is 17.8 Å². The smallest absolute Gasteiger partial charge is 0.224 e. The van der Waals surface area contributed by atoms with Crippen LogP contribution in [0.3, 0.4) is 0 Å². The van der Waals surface area contributed by atoms with Crippen LogP contribution in [0.4, 0.5) is 0 Å². The average Bonchev–Trinajstić information content (AvgIpc) is 2.57. The molecule has 1 fully saturated rings. The van der Waals surface area contributed by atoms with E-state index in [9.17, 15) is 4.79 Å². The summed E-state index contributed by atoms with van der Waals surface area (Å²) in [5.74, 6) is 1.40. The molecule has 1 aliphatic rings. The van der Waals surface area contributed by atoms with Gasteiger partial charge in [-0.25, -0.2) is 0 Å². The minimum Gasteiger partial charge on any atom is -0.356 e. The third-order valence-corrected chi connectivity index (χ3v) is 5.03. The van der Waals surface area contributed by atoms with E-state index >= 15 is 0 Å². The Balaban J connectivity index is 0.00000312. The number of benzene rings is 1. The van der Waals surface area contributed by atoms with E-state index < -0.39 is 0 Å². The van der Waals surface area contributed by atoms with Gasteiger partial charge in [-0.3, -0.25) is 4.79 Å². The molecule has 1 saturated heterocycles. The number of piperidine rings is 1. The van der Waals surface area contributed by atoms with Gasteiger partial charge in [0.2, 0.25) is 5.91 Å². The molecule has 1 aromatic rings. The maximum atomic E-state index is 12.3. The largest absolute Gasteiger partial charge is 0.356 e. The minimum absolute atomic E-state index is 0. The zero-order chi connectivity index (χ0) is 17.5. The van der Waals surface area contributed by atoms with Crippen molar-refractivity contribution < 1.29 is 4.79 Å². The van der Waals surface area contributed by atoms with Crippen molar-refractivity contribution in [3.05, 3.63) is 35.9 Å². The number of carbonyl (C=O) groups excluding carboxylic acids is 1. The molecule has 0 radical (unpaired) electrons. The lowest BCUT2D eigenvalue weighted by Gasteiger charge is -2.35. The standard InChI is InChI=1S/C20H33N3O.2ClH/c1-15-12-16(2)14-23(13-15)11-7-10-22-20(24)17(3)19(21)18-8-5-4-6-9-18;;/h4-6,8-9,15-17,19H,7,10-14,21H2,1-3H3,(H,22,24);2*1H. The van der Waals surface area contributed by atoms with Gasteiger partial charge in [-0.05, 0) is 36.8 Å². The van der Waals surface area contributed by atoms with Gasteiger partial charge in [0.1, 0.15) is 0 Å². The summed E-state index contributed by atoms with van der Waals surface area (Å²) in [6.45, 7) is 10.7. The molecule has 4 unspecified atom stereocenters. The molecule has 1 aromatic carbocycles. The fourth-order valence-electron chi connectivity index (χ4n) is 3.78. The summed E-state index contributed by atoms with van der Waals surface area (Å²) in [5, 5.41) is 3.05. The maximum Gasteiger partial charge on any atom is 0.224 e. The molecule has 0 aliphatic carbocycles. The monoisotopic (exact) mass is 403 g/mol. The van der Waals surface area contributed by atoms with Gasteiger partial charge in [0.15, 0.2) is 0 Å². The van der Waals surface area contributed by atoms with E-state index in [1.807, 2.05) is 37.3 Å². The Morgan fingerprint density at radius 2 is 1.77 bits per heavy atom. The number of halogens is 2. The molecule has 26 heavy (non-hydrogen) atoms. The molecular weight excluding hydrogens is 369 g/mol. The van der Waals surface area contributed by atoms with Gasteiger partial charge in [0.25, 0.3) is 0 Å². The SMILES string of the molecule is CC1CC(C)CN(CCCNC(=O)C(C)C(N)c2ccccc2)C1.Cl.Cl. The van der Waals surface area contributed by atoms with Crippen LogP contribution in [0.25, 0.3) is 0 Å². The Hall–Kier alpha value is -0.810. The Kier molecular flexibility index (Phi) is 12.2. The highest BCUT2D eigenvalue weighted by molar-refractivity contribution is 5.85. The van der Waals surface area contributed by atoms with Crippen molar-refractivity contribution in [3.8, 4) is 0 Å². The lowest BCUT2D eigenvalue weighted by molar-refractivity contribution is -0.125. The summed E-state index contributed by atoms with van der Waals surface area (Å²) < 4.78 is 0. The third-order valence-electron chi connectivity index (χ3n) is 5.03. The van der Waals surface area contributed by atoms with Crippen LogP contribution < -0.4 is 11.1 Å². The molecule has 0 spiro atoms. The van der Waals surface area contributed by atoms with Gasteiger partial charge in [0.05, 0.1) is 5.92 Å². The fourth-order valence-corrected chi connectivity index (χ4v) is 3.78. The maximum absolute atomic E-state index is 12.3. The first-order valence-corrected chi connectivity index (χ1v) is 9.28. The van der Waals surface area contributed by atoms with Gasteiger partial charge in [0, 0.05) is 25.7 Å². The quantitative estimate of drug-likeness (QED) is 0.682. The topological polar surface area (TPSA) is 58.4 Å². The number of nitrogens with two attached hydrogens (primary N) is 1. The first-order valence-electron chi connectivity index (χ1n) is 9.28. The number of amides is 1. The normalized spacial score (nSPS) is 22.5. The van der Waals surface area contributed by atoms with Crippen molar-refractivity contribution in [2.24, 2.45) is 23.5 Å². The van der Waals surface area contributed by atoms with Crippen molar-refractivity contribution in [3.63, 3.8) is 0 Å². The van der Waals surface area contributed by atoms with Crippen LogP contribution >= 0.6 is 24.8 Å². The first kappa shape index (κ1) is 25.2. The second-order valence-corrected chi connectivity index (χ2v) is 7.58. The second-order valence-electron chi connectivity index (χ2n) is 7.58. The first-order chi connectivity index (χ1) is 11.5. The highest BCUT2D eigenvalue weighted by Gasteiger charge is 2.23.